The van der Waals surface area contributed by atoms with Crippen molar-refractivity contribution in [1.29, 1.82) is 0 Å². The molecule has 0 radical (unpaired) electrons. The van der Waals surface area contributed by atoms with Gasteiger partial charge in [-0.2, -0.15) is 0 Å². The van der Waals surface area contributed by atoms with Crippen LogP contribution >= 0.6 is 11.6 Å². The van der Waals surface area contributed by atoms with Gasteiger partial charge in [-0.15, -0.1) is 0 Å². The van der Waals surface area contributed by atoms with Crippen molar-refractivity contribution < 1.29 is 9.18 Å². The third-order valence-corrected chi connectivity index (χ3v) is 4.41. The molecule has 0 aromatic heterocycles. The molecule has 1 amide bonds. The van der Waals surface area contributed by atoms with Crippen LogP contribution in [-0.2, 0) is 0 Å². The number of hydrogen-bond donors (Lipinski definition) is 1. The number of carbonyl (C=O) groups is 1. The fraction of sp³-hybridized carbons (Fsp3) is 0.533. The zero-order chi connectivity index (χ0) is 14.7. The summed E-state index contributed by atoms with van der Waals surface area (Å²) >= 11 is 5.65. The average Bonchev–Trinajstić information content (AvgIpc) is 2.48. The summed E-state index contributed by atoms with van der Waals surface area (Å²) in [6.07, 6.45) is 3.01. The zero-order valence-electron chi connectivity index (χ0n) is 11.6. The first-order chi connectivity index (χ1) is 9.56. The van der Waals surface area contributed by atoms with E-state index in [9.17, 15) is 9.18 Å². The predicted octanol–water partition coefficient (Wildman–Crippen LogP) is 3.07. The highest BCUT2D eigenvalue weighted by molar-refractivity contribution is 6.30. The van der Waals surface area contributed by atoms with Crippen molar-refractivity contribution in [1.82, 2.24) is 4.90 Å². The highest BCUT2D eigenvalue weighted by Gasteiger charge is 2.30. The van der Waals surface area contributed by atoms with E-state index in [0.29, 0.717) is 24.6 Å². The van der Waals surface area contributed by atoms with Gasteiger partial charge in [-0.25, -0.2) is 4.39 Å². The normalized spacial score (nSPS) is 22.9. The van der Waals surface area contributed by atoms with Gasteiger partial charge in [0, 0.05) is 24.7 Å². The standard InChI is InChI=1S/C15H20ClFN2O/c1-2-10-5-6-19(12(7-10)9-18)15(20)11-3-4-13(16)14(17)8-11/h3-4,8,10,12H,2,5-7,9,18H2,1H3. The van der Waals surface area contributed by atoms with Crippen LogP contribution in [0.2, 0.25) is 5.02 Å². The Morgan fingerprint density at radius 2 is 2.30 bits per heavy atom. The second-order valence-electron chi connectivity index (χ2n) is 5.32. The fourth-order valence-electron chi connectivity index (χ4n) is 2.79. The van der Waals surface area contributed by atoms with Gasteiger partial charge in [-0.3, -0.25) is 4.79 Å². The van der Waals surface area contributed by atoms with Gasteiger partial charge in [0.2, 0.25) is 0 Å². The molecule has 1 aliphatic heterocycles. The van der Waals surface area contributed by atoms with Gasteiger partial charge < -0.3 is 10.6 Å². The molecule has 5 heteroatoms. The molecular weight excluding hydrogens is 279 g/mol. The van der Waals surface area contributed by atoms with E-state index in [2.05, 4.69) is 6.92 Å². The van der Waals surface area contributed by atoms with E-state index in [1.54, 1.807) is 11.0 Å². The molecule has 1 fully saturated rings. The Kier molecular flexibility index (Phi) is 5.00. The number of halogens is 2. The average molecular weight is 299 g/mol. The van der Waals surface area contributed by atoms with Crippen LogP contribution < -0.4 is 5.73 Å². The lowest BCUT2D eigenvalue weighted by Gasteiger charge is -2.39. The van der Waals surface area contributed by atoms with E-state index < -0.39 is 5.82 Å². The molecule has 0 saturated carbocycles. The van der Waals surface area contributed by atoms with Crippen molar-refractivity contribution in [2.24, 2.45) is 11.7 Å². The summed E-state index contributed by atoms with van der Waals surface area (Å²) in [6, 6.07) is 4.22. The number of nitrogens with zero attached hydrogens (tertiary/aromatic N) is 1. The van der Waals surface area contributed by atoms with Crippen molar-refractivity contribution in [3.63, 3.8) is 0 Å². The minimum atomic E-state index is -0.565. The lowest BCUT2D eigenvalue weighted by atomic mass is 9.88. The predicted molar refractivity (Wildman–Crippen MR) is 78.3 cm³/mol. The van der Waals surface area contributed by atoms with E-state index in [4.69, 9.17) is 17.3 Å². The van der Waals surface area contributed by atoms with Gasteiger partial charge in [0.1, 0.15) is 5.82 Å². The highest BCUT2D eigenvalue weighted by atomic mass is 35.5. The molecule has 2 unspecified atom stereocenters. The molecule has 110 valence electrons. The largest absolute Gasteiger partial charge is 0.334 e. The van der Waals surface area contributed by atoms with Gasteiger partial charge in [0.05, 0.1) is 5.02 Å². The minimum absolute atomic E-state index is 0.0293. The molecule has 1 saturated heterocycles. The first-order valence-electron chi connectivity index (χ1n) is 7.02. The molecule has 0 aliphatic carbocycles. The Balaban J connectivity index is 2.17. The van der Waals surface area contributed by atoms with Gasteiger partial charge >= 0.3 is 0 Å². The van der Waals surface area contributed by atoms with E-state index in [-0.39, 0.29) is 17.0 Å². The molecule has 2 rings (SSSR count). The van der Waals surface area contributed by atoms with Gasteiger partial charge in [0.15, 0.2) is 0 Å². The number of likely N-dealkylation sites (tertiary alicyclic amines) is 1. The molecule has 3 nitrogen and oxygen atoms in total. The van der Waals surface area contributed by atoms with E-state index in [0.717, 1.165) is 19.3 Å². The summed E-state index contributed by atoms with van der Waals surface area (Å²) in [5, 5.41) is 0.0293. The number of hydrogen-bond acceptors (Lipinski definition) is 2. The number of amides is 1. The fourth-order valence-corrected chi connectivity index (χ4v) is 2.91. The number of rotatable bonds is 3. The molecule has 0 bridgehead atoms. The second kappa shape index (κ2) is 6.55. The molecule has 1 heterocycles. The molecule has 2 atom stereocenters. The van der Waals surface area contributed by atoms with E-state index in [1.807, 2.05) is 0 Å². The Morgan fingerprint density at radius 3 is 2.90 bits per heavy atom. The highest BCUT2D eigenvalue weighted by Crippen LogP contribution is 2.27. The molecule has 0 spiro atoms. The Hall–Kier alpha value is -1.13. The summed E-state index contributed by atoms with van der Waals surface area (Å²) in [6.45, 7) is 3.28. The van der Waals surface area contributed by atoms with Gasteiger partial charge in [-0.05, 0) is 37.0 Å². The Labute approximate surface area is 123 Å². The monoisotopic (exact) mass is 298 g/mol. The van der Waals surface area contributed by atoms with E-state index in [1.165, 1.54) is 12.1 Å². The minimum Gasteiger partial charge on any atom is -0.334 e. The third kappa shape index (κ3) is 3.13. The summed E-state index contributed by atoms with van der Waals surface area (Å²) < 4.78 is 13.5. The first-order valence-corrected chi connectivity index (χ1v) is 7.40. The van der Waals surface area contributed by atoms with Crippen molar-refractivity contribution in [2.75, 3.05) is 13.1 Å². The lowest BCUT2D eigenvalue weighted by molar-refractivity contribution is 0.0558. The van der Waals surface area contributed by atoms with Crippen LogP contribution in [-0.4, -0.2) is 29.9 Å². The summed E-state index contributed by atoms with van der Waals surface area (Å²) in [4.78, 5) is 14.3. The van der Waals surface area contributed by atoms with Crippen molar-refractivity contribution in [3.05, 3.63) is 34.6 Å². The molecule has 20 heavy (non-hydrogen) atoms. The van der Waals surface area contributed by atoms with Crippen LogP contribution in [0.25, 0.3) is 0 Å². The topological polar surface area (TPSA) is 46.3 Å². The Bertz CT molecular complexity index is 495. The van der Waals surface area contributed by atoms with E-state index >= 15 is 0 Å². The van der Waals surface area contributed by atoms with Crippen LogP contribution in [0.4, 0.5) is 4.39 Å². The number of carbonyl (C=O) groups excluding carboxylic acids is 1. The maximum Gasteiger partial charge on any atom is 0.254 e. The summed E-state index contributed by atoms with van der Waals surface area (Å²) in [5.41, 5.74) is 6.12. The smallest absolute Gasteiger partial charge is 0.254 e. The molecule has 1 aromatic carbocycles. The summed E-state index contributed by atoms with van der Waals surface area (Å²) in [5.74, 6) is -0.106. The maximum absolute atomic E-state index is 13.5. The second-order valence-corrected chi connectivity index (χ2v) is 5.72. The zero-order valence-corrected chi connectivity index (χ0v) is 12.4. The lowest BCUT2D eigenvalue weighted by Crippen LogP contribution is -2.49. The van der Waals surface area contributed by atoms with Gasteiger partial charge in [-0.1, -0.05) is 24.9 Å². The summed E-state index contributed by atoms with van der Waals surface area (Å²) in [7, 11) is 0. The third-order valence-electron chi connectivity index (χ3n) is 4.10. The van der Waals surface area contributed by atoms with Crippen LogP contribution in [0.1, 0.15) is 36.5 Å². The molecule has 1 aromatic rings. The van der Waals surface area contributed by atoms with Crippen molar-refractivity contribution >= 4 is 17.5 Å². The first kappa shape index (κ1) is 15.3. The van der Waals surface area contributed by atoms with Crippen LogP contribution in [0.5, 0.6) is 0 Å². The van der Waals surface area contributed by atoms with Gasteiger partial charge in [0.25, 0.3) is 5.91 Å². The Morgan fingerprint density at radius 1 is 1.55 bits per heavy atom. The quantitative estimate of drug-likeness (QED) is 0.932. The molecular formula is C15H20ClFN2O. The molecule has 2 N–H and O–H groups in total. The van der Waals surface area contributed by atoms with Crippen LogP contribution in [0.15, 0.2) is 18.2 Å². The SMILES string of the molecule is CCC1CCN(C(=O)c2ccc(Cl)c(F)c2)C(CN)C1. The molecule has 1 aliphatic rings. The van der Waals surface area contributed by atoms with Crippen LogP contribution in [0.3, 0.4) is 0 Å². The number of nitrogens with two attached hydrogens (primary N) is 1. The number of benzene rings is 1. The van der Waals surface area contributed by atoms with Crippen molar-refractivity contribution in [3.8, 4) is 0 Å². The van der Waals surface area contributed by atoms with Crippen molar-refractivity contribution in [2.45, 2.75) is 32.2 Å². The van der Waals surface area contributed by atoms with Crippen LogP contribution in [0, 0.1) is 11.7 Å². The number of piperidine rings is 1. The maximum atomic E-state index is 13.5.